The number of rotatable bonds is 4. The van der Waals surface area contributed by atoms with Crippen LogP contribution in [-0.4, -0.2) is 30.8 Å². The van der Waals surface area contributed by atoms with Crippen molar-refractivity contribution < 1.29 is 4.74 Å². The number of hydrogen-bond acceptors (Lipinski definition) is 3. The molecule has 1 heterocycles. The van der Waals surface area contributed by atoms with E-state index >= 15 is 0 Å². The van der Waals surface area contributed by atoms with Gasteiger partial charge in [0.05, 0.1) is 11.7 Å². The third kappa shape index (κ3) is 4.21. The monoisotopic (exact) mass is 290 g/mol. The van der Waals surface area contributed by atoms with Gasteiger partial charge in [0.2, 0.25) is 0 Å². The minimum absolute atomic E-state index is 0.104. The molecule has 3 heteroatoms. The molecule has 21 heavy (non-hydrogen) atoms. The quantitative estimate of drug-likeness (QED) is 0.925. The lowest BCUT2D eigenvalue weighted by molar-refractivity contribution is -0.0750. The van der Waals surface area contributed by atoms with Gasteiger partial charge < -0.3 is 15.4 Å². The van der Waals surface area contributed by atoms with Crippen molar-refractivity contribution in [3.63, 3.8) is 0 Å². The van der Waals surface area contributed by atoms with Crippen molar-refractivity contribution in [1.82, 2.24) is 0 Å². The third-order valence-corrected chi connectivity index (χ3v) is 4.15. The van der Waals surface area contributed by atoms with E-state index in [2.05, 4.69) is 57.7 Å². The Kier molecular flexibility index (Phi) is 4.95. The van der Waals surface area contributed by atoms with Gasteiger partial charge in [0.15, 0.2) is 0 Å². The van der Waals surface area contributed by atoms with Gasteiger partial charge in [-0.25, -0.2) is 0 Å². The van der Waals surface area contributed by atoms with Crippen LogP contribution in [0, 0.1) is 6.92 Å². The lowest BCUT2D eigenvalue weighted by Crippen LogP contribution is -2.52. The summed E-state index contributed by atoms with van der Waals surface area (Å²) in [6.45, 7) is 12.7. The minimum atomic E-state index is -0.104. The summed E-state index contributed by atoms with van der Waals surface area (Å²) in [5.41, 5.74) is 10.1. The average molecular weight is 290 g/mol. The van der Waals surface area contributed by atoms with Crippen LogP contribution in [0.25, 0.3) is 0 Å². The fraction of sp³-hybridized carbons (Fsp3) is 0.667. The first-order chi connectivity index (χ1) is 9.80. The Labute approximate surface area is 129 Å². The Hall–Kier alpha value is -1.06. The highest BCUT2D eigenvalue weighted by Crippen LogP contribution is 2.30. The number of nitrogens with two attached hydrogens (primary N) is 1. The molecule has 0 saturated carbocycles. The Bertz CT molecular complexity index is 484. The zero-order valence-electron chi connectivity index (χ0n) is 14.1. The summed E-state index contributed by atoms with van der Waals surface area (Å²) in [6.07, 6.45) is 2.21. The summed E-state index contributed by atoms with van der Waals surface area (Å²) in [6, 6.07) is 6.97. The van der Waals surface area contributed by atoms with Gasteiger partial charge in [-0.2, -0.15) is 0 Å². The number of ether oxygens (including phenoxy) is 1. The summed E-state index contributed by atoms with van der Waals surface area (Å²) in [5, 5.41) is 0. The van der Waals surface area contributed by atoms with E-state index < -0.39 is 0 Å². The van der Waals surface area contributed by atoms with Crippen LogP contribution < -0.4 is 10.6 Å². The predicted molar refractivity (Wildman–Crippen MR) is 90.0 cm³/mol. The topological polar surface area (TPSA) is 38.5 Å². The van der Waals surface area contributed by atoms with Gasteiger partial charge in [-0.15, -0.1) is 0 Å². The lowest BCUT2D eigenvalue weighted by atomic mass is 9.98. The van der Waals surface area contributed by atoms with Crippen LogP contribution in [0.5, 0.6) is 0 Å². The summed E-state index contributed by atoms with van der Waals surface area (Å²) < 4.78 is 6.02. The van der Waals surface area contributed by atoms with E-state index in [0.29, 0.717) is 0 Å². The van der Waals surface area contributed by atoms with Gasteiger partial charge >= 0.3 is 0 Å². The molecule has 2 atom stereocenters. The predicted octanol–water partition coefficient (Wildman–Crippen LogP) is 3.28. The van der Waals surface area contributed by atoms with Crippen molar-refractivity contribution >= 4 is 5.69 Å². The van der Waals surface area contributed by atoms with E-state index in [9.17, 15) is 0 Å². The maximum atomic E-state index is 6.19. The molecule has 0 aromatic heterocycles. The number of anilines is 1. The number of aryl methyl sites for hydroxylation is 1. The van der Waals surface area contributed by atoms with Crippen molar-refractivity contribution in [1.29, 1.82) is 0 Å². The number of nitrogens with zero attached hydrogens (tertiary/aromatic N) is 1. The summed E-state index contributed by atoms with van der Waals surface area (Å²) in [4.78, 5) is 2.46. The Morgan fingerprint density at radius 2 is 2.14 bits per heavy atom. The number of morpholine rings is 1. The Morgan fingerprint density at radius 3 is 2.76 bits per heavy atom. The standard InChI is InChI=1S/C18H30N2O/c1-6-16(19)10-15-9-13(2)7-8-17(15)20-11-14(3)21-18(4,5)12-20/h7-9,14,16H,6,10-12,19H2,1-5H3. The maximum Gasteiger partial charge on any atom is 0.0805 e. The molecule has 2 N–H and O–H groups in total. The zero-order valence-corrected chi connectivity index (χ0v) is 14.1. The van der Waals surface area contributed by atoms with Gasteiger partial charge in [-0.1, -0.05) is 24.6 Å². The summed E-state index contributed by atoms with van der Waals surface area (Å²) in [7, 11) is 0. The van der Waals surface area contributed by atoms with Crippen molar-refractivity contribution in [2.45, 2.75) is 65.2 Å². The molecule has 1 aromatic rings. The van der Waals surface area contributed by atoms with E-state index in [0.717, 1.165) is 25.9 Å². The minimum Gasteiger partial charge on any atom is -0.369 e. The third-order valence-electron chi connectivity index (χ3n) is 4.15. The van der Waals surface area contributed by atoms with Gasteiger partial charge in [-0.05, 0) is 52.2 Å². The van der Waals surface area contributed by atoms with Gasteiger partial charge in [0, 0.05) is 24.8 Å². The summed E-state index contributed by atoms with van der Waals surface area (Å²) in [5.74, 6) is 0. The van der Waals surface area contributed by atoms with Crippen molar-refractivity contribution in [3.8, 4) is 0 Å². The highest BCUT2D eigenvalue weighted by molar-refractivity contribution is 5.56. The normalized spacial score (nSPS) is 23.1. The van der Waals surface area contributed by atoms with Crippen LogP contribution in [-0.2, 0) is 11.2 Å². The maximum absolute atomic E-state index is 6.19. The van der Waals surface area contributed by atoms with Crippen molar-refractivity contribution in [2.75, 3.05) is 18.0 Å². The lowest BCUT2D eigenvalue weighted by Gasteiger charge is -2.43. The van der Waals surface area contributed by atoms with Crippen LogP contribution in [0.4, 0.5) is 5.69 Å². The fourth-order valence-corrected chi connectivity index (χ4v) is 3.25. The molecule has 1 aliphatic heterocycles. The highest BCUT2D eigenvalue weighted by atomic mass is 16.5. The molecule has 2 rings (SSSR count). The Morgan fingerprint density at radius 1 is 1.43 bits per heavy atom. The molecule has 3 nitrogen and oxygen atoms in total. The molecule has 1 aromatic carbocycles. The SMILES string of the molecule is CCC(N)Cc1cc(C)ccc1N1CC(C)OC(C)(C)C1. The average Bonchev–Trinajstić information content (AvgIpc) is 2.36. The van der Waals surface area contributed by atoms with Crippen molar-refractivity contribution in [2.24, 2.45) is 5.73 Å². The first kappa shape index (κ1) is 16.3. The van der Waals surface area contributed by atoms with Crippen LogP contribution in [0.15, 0.2) is 18.2 Å². The van der Waals surface area contributed by atoms with E-state index in [1.807, 2.05) is 0 Å². The fourth-order valence-electron chi connectivity index (χ4n) is 3.25. The summed E-state index contributed by atoms with van der Waals surface area (Å²) >= 11 is 0. The van der Waals surface area contributed by atoms with Crippen LogP contribution in [0.3, 0.4) is 0 Å². The largest absolute Gasteiger partial charge is 0.369 e. The second kappa shape index (κ2) is 6.37. The van der Waals surface area contributed by atoms with E-state index in [-0.39, 0.29) is 17.7 Å². The molecule has 1 fully saturated rings. The van der Waals surface area contributed by atoms with Crippen LogP contribution >= 0.6 is 0 Å². The second-order valence-electron chi connectivity index (χ2n) is 7.07. The first-order valence-electron chi connectivity index (χ1n) is 8.08. The van der Waals surface area contributed by atoms with Gasteiger partial charge in [-0.3, -0.25) is 0 Å². The molecule has 0 bridgehead atoms. The van der Waals surface area contributed by atoms with Gasteiger partial charge in [0.25, 0.3) is 0 Å². The van der Waals surface area contributed by atoms with Crippen LogP contribution in [0.1, 0.15) is 45.2 Å². The molecule has 2 unspecified atom stereocenters. The van der Waals surface area contributed by atoms with E-state index in [1.165, 1.54) is 16.8 Å². The second-order valence-corrected chi connectivity index (χ2v) is 7.07. The van der Waals surface area contributed by atoms with Crippen molar-refractivity contribution in [3.05, 3.63) is 29.3 Å². The van der Waals surface area contributed by atoms with E-state index in [4.69, 9.17) is 10.5 Å². The van der Waals surface area contributed by atoms with Crippen LogP contribution in [0.2, 0.25) is 0 Å². The first-order valence-corrected chi connectivity index (χ1v) is 8.08. The highest BCUT2D eigenvalue weighted by Gasteiger charge is 2.32. The van der Waals surface area contributed by atoms with Gasteiger partial charge in [0.1, 0.15) is 0 Å². The molecule has 1 saturated heterocycles. The molecular formula is C18H30N2O. The molecular weight excluding hydrogens is 260 g/mol. The Balaban J connectivity index is 2.29. The molecule has 0 amide bonds. The molecule has 0 radical (unpaired) electrons. The molecule has 0 aliphatic carbocycles. The molecule has 118 valence electrons. The molecule has 0 spiro atoms. The van der Waals surface area contributed by atoms with E-state index in [1.54, 1.807) is 0 Å². The zero-order chi connectivity index (χ0) is 15.6. The number of hydrogen-bond donors (Lipinski definition) is 1. The smallest absolute Gasteiger partial charge is 0.0805 e. The molecule has 1 aliphatic rings. The number of benzene rings is 1.